The lowest BCUT2D eigenvalue weighted by Gasteiger charge is -2.33. The summed E-state index contributed by atoms with van der Waals surface area (Å²) in [5.41, 5.74) is 5.89. The highest BCUT2D eigenvalue weighted by Gasteiger charge is 2.18. The molecule has 1 atom stereocenters. The molecule has 0 saturated carbocycles. The maximum atomic E-state index is 5.89. The molecule has 2 nitrogen and oxygen atoms in total. The molecule has 0 spiro atoms. The van der Waals surface area contributed by atoms with E-state index in [1.165, 1.54) is 44.9 Å². The van der Waals surface area contributed by atoms with Gasteiger partial charge in [-0.3, -0.25) is 4.90 Å². The summed E-state index contributed by atoms with van der Waals surface area (Å²) in [7, 11) is 2.25. The second-order valence-corrected chi connectivity index (χ2v) is 4.87. The van der Waals surface area contributed by atoms with Crippen molar-refractivity contribution in [2.75, 3.05) is 13.6 Å². The Balaban J connectivity index is 3.95. The Hall–Kier alpha value is -0.0800. The fourth-order valence-electron chi connectivity index (χ4n) is 2.46. The van der Waals surface area contributed by atoms with Gasteiger partial charge in [-0.25, -0.2) is 0 Å². The Bertz CT molecular complexity index is 144. The number of nitrogens with zero attached hydrogens (tertiary/aromatic N) is 1. The zero-order valence-corrected chi connectivity index (χ0v) is 11.8. The van der Waals surface area contributed by atoms with E-state index in [0.717, 1.165) is 6.54 Å². The molecule has 0 fully saturated rings. The highest BCUT2D eigenvalue weighted by Crippen LogP contribution is 2.15. The molecule has 0 aromatic carbocycles. The molecule has 0 aliphatic carbocycles. The molecule has 0 saturated heterocycles. The van der Waals surface area contributed by atoms with Crippen LogP contribution in [-0.2, 0) is 0 Å². The van der Waals surface area contributed by atoms with E-state index in [-0.39, 0.29) is 0 Å². The van der Waals surface area contributed by atoms with Crippen molar-refractivity contribution in [1.29, 1.82) is 0 Å². The third kappa shape index (κ3) is 5.86. The van der Waals surface area contributed by atoms with E-state index in [9.17, 15) is 0 Å². The Kier molecular flexibility index (Phi) is 10.0. The second kappa shape index (κ2) is 10.1. The second-order valence-electron chi connectivity index (χ2n) is 4.87. The standard InChI is InChI=1S/C14H32N2/c1-5-8-9-10-11-14(12-15)16(4)13(6-2)7-3/h13-14H,5-12,15H2,1-4H3. The third-order valence-electron chi connectivity index (χ3n) is 3.76. The predicted molar refractivity (Wildman–Crippen MR) is 73.7 cm³/mol. The van der Waals surface area contributed by atoms with Crippen molar-refractivity contribution in [1.82, 2.24) is 4.90 Å². The lowest BCUT2D eigenvalue weighted by Crippen LogP contribution is -2.43. The maximum Gasteiger partial charge on any atom is 0.0218 e. The zero-order chi connectivity index (χ0) is 12.4. The summed E-state index contributed by atoms with van der Waals surface area (Å²) in [5.74, 6) is 0. The third-order valence-corrected chi connectivity index (χ3v) is 3.76. The predicted octanol–water partition coefficient (Wildman–Crippen LogP) is 3.40. The average Bonchev–Trinajstić information content (AvgIpc) is 2.30. The SMILES string of the molecule is CCCCCCC(CN)N(C)C(CC)CC. The minimum absolute atomic E-state index is 0.585. The quantitative estimate of drug-likeness (QED) is 0.581. The normalized spacial score (nSPS) is 13.7. The van der Waals surface area contributed by atoms with Crippen molar-refractivity contribution in [3.05, 3.63) is 0 Å². The Morgan fingerprint density at radius 1 is 0.938 bits per heavy atom. The van der Waals surface area contributed by atoms with Gasteiger partial charge in [0.15, 0.2) is 0 Å². The molecule has 98 valence electrons. The molecular weight excluding hydrogens is 196 g/mol. The van der Waals surface area contributed by atoms with Crippen LogP contribution in [0, 0.1) is 0 Å². The highest BCUT2D eigenvalue weighted by atomic mass is 15.2. The summed E-state index contributed by atoms with van der Waals surface area (Å²) in [6.07, 6.45) is 9.12. The van der Waals surface area contributed by atoms with Gasteiger partial charge in [-0.15, -0.1) is 0 Å². The largest absolute Gasteiger partial charge is 0.329 e. The van der Waals surface area contributed by atoms with Crippen molar-refractivity contribution in [3.63, 3.8) is 0 Å². The number of hydrogen-bond acceptors (Lipinski definition) is 2. The van der Waals surface area contributed by atoms with E-state index in [4.69, 9.17) is 5.73 Å². The number of nitrogens with two attached hydrogens (primary N) is 1. The van der Waals surface area contributed by atoms with Crippen molar-refractivity contribution >= 4 is 0 Å². The Labute approximate surface area is 103 Å². The van der Waals surface area contributed by atoms with E-state index in [0.29, 0.717) is 12.1 Å². The van der Waals surface area contributed by atoms with Gasteiger partial charge in [0.1, 0.15) is 0 Å². The number of likely N-dealkylation sites (N-methyl/N-ethyl adjacent to an activating group) is 1. The van der Waals surface area contributed by atoms with Crippen LogP contribution in [0.25, 0.3) is 0 Å². The fourth-order valence-corrected chi connectivity index (χ4v) is 2.46. The Morgan fingerprint density at radius 3 is 2.00 bits per heavy atom. The molecule has 0 aliphatic heterocycles. The fraction of sp³-hybridized carbons (Fsp3) is 1.00. The van der Waals surface area contributed by atoms with Crippen LogP contribution in [0.5, 0.6) is 0 Å². The molecule has 2 N–H and O–H groups in total. The molecule has 0 heterocycles. The van der Waals surface area contributed by atoms with Gasteiger partial charge >= 0.3 is 0 Å². The van der Waals surface area contributed by atoms with Crippen LogP contribution in [0.2, 0.25) is 0 Å². The minimum atomic E-state index is 0.585. The molecule has 0 aromatic heterocycles. The van der Waals surface area contributed by atoms with Gasteiger partial charge in [0.2, 0.25) is 0 Å². The van der Waals surface area contributed by atoms with Gasteiger partial charge in [0.05, 0.1) is 0 Å². The van der Waals surface area contributed by atoms with Crippen LogP contribution >= 0.6 is 0 Å². The number of unbranched alkanes of at least 4 members (excludes halogenated alkanes) is 3. The van der Waals surface area contributed by atoms with Gasteiger partial charge in [-0.05, 0) is 26.3 Å². The molecule has 0 radical (unpaired) electrons. The molecule has 0 amide bonds. The van der Waals surface area contributed by atoms with Crippen molar-refractivity contribution in [3.8, 4) is 0 Å². The molecule has 16 heavy (non-hydrogen) atoms. The molecule has 0 aromatic rings. The summed E-state index contributed by atoms with van der Waals surface area (Å²) in [4.78, 5) is 2.51. The van der Waals surface area contributed by atoms with Crippen molar-refractivity contribution in [2.24, 2.45) is 5.73 Å². The smallest absolute Gasteiger partial charge is 0.0218 e. The van der Waals surface area contributed by atoms with Gasteiger partial charge in [0.25, 0.3) is 0 Å². The monoisotopic (exact) mass is 228 g/mol. The number of rotatable bonds is 10. The van der Waals surface area contributed by atoms with Crippen LogP contribution in [0.3, 0.4) is 0 Å². The van der Waals surface area contributed by atoms with Gasteiger partial charge in [-0.1, -0.05) is 46.5 Å². The molecule has 1 unspecified atom stereocenters. The van der Waals surface area contributed by atoms with E-state index >= 15 is 0 Å². The average molecular weight is 228 g/mol. The molecular formula is C14H32N2. The minimum Gasteiger partial charge on any atom is -0.329 e. The van der Waals surface area contributed by atoms with E-state index in [1.807, 2.05) is 0 Å². The van der Waals surface area contributed by atoms with Crippen LogP contribution in [0.4, 0.5) is 0 Å². The van der Waals surface area contributed by atoms with E-state index in [1.54, 1.807) is 0 Å². The highest BCUT2D eigenvalue weighted by molar-refractivity contribution is 4.75. The lowest BCUT2D eigenvalue weighted by atomic mass is 10.0. The topological polar surface area (TPSA) is 29.3 Å². The first-order valence-corrected chi connectivity index (χ1v) is 7.13. The molecule has 0 aliphatic rings. The lowest BCUT2D eigenvalue weighted by molar-refractivity contribution is 0.157. The molecule has 2 heteroatoms. The Morgan fingerprint density at radius 2 is 1.56 bits per heavy atom. The summed E-state index contributed by atoms with van der Waals surface area (Å²) in [6.45, 7) is 7.61. The van der Waals surface area contributed by atoms with Gasteiger partial charge in [-0.2, -0.15) is 0 Å². The van der Waals surface area contributed by atoms with Crippen LogP contribution in [0.15, 0.2) is 0 Å². The summed E-state index contributed by atoms with van der Waals surface area (Å²) >= 11 is 0. The van der Waals surface area contributed by atoms with Crippen molar-refractivity contribution in [2.45, 2.75) is 77.8 Å². The van der Waals surface area contributed by atoms with Crippen LogP contribution < -0.4 is 5.73 Å². The van der Waals surface area contributed by atoms with E-state index < -0.39 is 0 Å². The van der Waals surface area contributed by atoms with Crippen LogP contribution in [0.1, 0.15) is 65.7 Å². The van der Waals surface area contributed by atoms with Crippen molar-refractivity contribution < 1.29 is 0 Å². The first-order chi connectivity index (χ1) is 7.71. The maximum absolute atomic E-state index is 5.89. The summed E-state index contributed by atoms with van der Waals surface area (Å²) < 4.78 is 0. The molecule has 0 rings (SSSR count). The summed E-state index contributed by atoms with van der Waals surface area (Å²) in [5, 5.41) is 0. The van der Waals surface area contributed by atoms with Gasteiger partial charge < -0.3 is 5.73 Å². The first kappa shape index (κ1) is 15.9. The summed E-state index contributed by atoms with van der Waals surface area (Å²) in [6, 6.07) is 1.29. The first-order valence-electron chi connectivity index (χ1n) is 7.13. The van der Waals surface area contributed by atoms with Gasteiger partial charge in [0, 0.05) is 18.6 Å². The van der Waals surface area contributed by atoms with E-state index in [2.05, 4.69) is 32.7 Å². The number of hydrogen-bond donors (Lipinski definition) is 1. The zero-order valence-electron chi connectivity index (χ0n) is 11.8. The van der Waals surface area contributed by atoms with Crippen LogP contribution in [-0.4, -0.2) is 30.6 Å². The molecule has 0 bridgehead atoms.